The molecule has 0 aliphatic carbocycles. The van der Waals surface area contributed by atoms with Crippen molar-refractivity contribution in [2.24, 2.45) is 0 Å². The monoisotopic (exact) mass is 332 g/mol. The first-order valence-corrected chi connectivity index (χ1v) is 8.20. The van der Waals surface area contributed by atoms with Crippen molar-refractivity contribution in [3.8, 4) is 6.07 Å². The zero-order chi connectivity index (χ0) is 17.5. The molecule has 7 nitrogen and oxygen atoms in total. The summed E-state index contributed by atoms with van der Waals surface area (Å²) in [4.78, 5) is 27.8. The van der Waals surface area contributed by atoms with Crippen LogP contribution in [0.15, 0.2) is 16.5 Å². The third-order valence-corrected chi connectivity index (χ3v) is 4.23. The Hall–Kier alpha value is -2.33. The minimum Gasteiger partial charge on any atom is -0.456 e. The number of amides is 2. The second-order valence-electron chi connectivity index (χ2n) is 6.16. The van der Waals surface area contributed by atoms with Gasteiger partial charge in [0.05, 0.1) is 19.0 Å². The van der Waals surface area contributed by atoms with Gasteiger partial charge in [-0.2, -0.15) is 5.26 Å². The minimum absolute atomic E-state index is 0.0267. The lowest BCUT2D eigenvalue weighted by atomic mass is 10.0. The van der Waals surface area contributed by atoms with E-state index in [-0.39, 0.29) is 17.9 Å². The van der Waals surface area contributed by atoms with Crippen molar-refractivity contribution in [1.82, 2.24) is 15.1 Å². The van der Waals surface area contributed by atoms with Crippen molar-refractivity contribution >= 4 is 11.8 Å². The van der Waals surface area contributed by atoms with Crippen LogP contribution in [0.5, 0.6) is 0 Å². The molecule has 24 heavy (non-hydrogen) atoms. The van der Waals surface area contributed by atoms with Crippen LogP contribution in [0.3, 0.4) is 0 Å². The van der Waals surface area contributed by atoms with E-state index in [0.717, 1.165) is 25.9 Å². The zero-order valence-corrected chi connectivity index (χ0v) is 14.2. The summed E-state index contributed by atoms with van der Waals surface area (Å²) < 4.78 is 5.32. The summed E-state index contributed by atoms with van der Waals surface area (Å²) in [6.45, 7) is 4.16. The molecule has 1 aliphatic rings. The van der Waals surface area contributed by atoms with Crippen LogP contribution in [-0.4, -0.2) is 60.9 Å². The Morgan fingerprint density at radius 2 is 2.12 bits per heavy atom. The molecule has 1 aromatic rings. The molecule has 0 spiro atoms. The van der Waals surface area contributed by atoms with E-state index in [0.29, 0.717) is 31.0 Å². The van der Waals surface area contributed by atoms with Gasteiger partial charge >= 0.3 is 0 Å². The van der Waals surface area contributed by atoms with Gasteiger partial charge in [-0.15, -0.1) is 0 Å². The molecule has 1 aromatic heterocycles. The van der Waals surface area contributed by atoms with Gasteiger partial charge in [0.1, 0.15) is 5.76 Å². The summed E-state index contributed by atoms with van der Waals surface area (Å²) in [7, 11) is 1.72. The maximum atomic E-state index is 12.1. The quantitative estimate of drug-likeness (QED) is 0.844. The van der Waals surface area contributed by atoms with Crippen LogP contribution in [-0.2, 0) is 4.79 Å². The number of piperidine rings is 1. The molecular formula is C17H24N4O3. The normalized spacial score (nSPS) is 15.7. The number of aryl methyl sites for hydroxylation is 1. The minimum atomic E-state index is -0.186. The molecule has 1 N–H and O–H groups in total. The third kappa shape index (κ3) is 5.10. The molecule has 1 saturated heterocycles. The van der Waals surface area contributed by atoms with E-state index in [1.165, 1.54) is 0 Å². The summed E-state index contributed by atoms with van der Waals surface area (Å²) in [5, 5.41) is 11.5. The highest BCUT2D eigenvalue weighted by atomic mass is 16.3. The Labute approximate surface area is 142 Å². The van der Waals surface area contributed by atoms with Gasteiger partial charge in [-0.25, -0.2) is 0 Å². The average molecular weight is 332 g/mol. The largest absolute Gasteiger partial charge is 0.456 e. The maximum absolute atomic E-state index is 12.1. The van der Waals surface area contributed by atoms with Crippen molar-refractivity contribution in [2.45, 2.75) is 32.2 Å². The smallest absolute Gasteiger partial charge is 0.287 e. The van der Waals surface area contributed by atoms with Gasteiger partial charge in [-0.1, -0.05) is 0 Å². The number of carbonyl (C=O) groups is 2. The average Bonchev–Trinajstić information content (AvgIpc) is 3.01. The SMILES string of the molecule is Cc1ccc(C(=O)NC2CCN(CC(=O)N(C)CCC#N)CC2)o1. The first-order valence-electron chi connectivity index (χ1n) is 8.20. The van der Waals surface area contributed by atoms with Crippen LogP contribution < -0.4 is 5.32 Å². The van der Waals surface area contributed by atoms with Gasteiger partial charge < -0.3 is 14.6 Å². The van der Waals surface area contributed by atoms with Crippen molar-refractivity contribution in [3.05, 3.63) is 23.7 Å². The van der Waals surface area contributed by atoms with E-state index >= 15 is 0 Å². The van der Waals surface area contributed by atoms with E-state index in [9.17, 15) is 9.59 Å². The molecule has 2 amide bonds. The number of nitrogens with one attached hydrogen (secondary N) is 1. The number of rotatable bonds is 6. The molecule has 2 heterocycles. The molecule has 130 valence electrons. The summed E-state index contributed by atoms with van der Waals surface area (Å²) in [5.74, 6) is 0.894. The number of likely N-dealkylation sites (N-methyl/N-ethyl adjacent to an activating group) is 1. The van der Waals surface area contributed by atoms with E-state index < -0.39 is 0 Å². The van der Waals surface area contributed by atoms with Gasteiger partial charge in [0.2, 0.25) is 5.91 Å². The molecule has 0 atom stereocenters. The fraction of sp³-hybridized carbons (Fsp3) is 0.588. The van der Waals surface area contributed by atoms with Gasteiger partial charge in [-0.3, -0.25) is 14.5 Å². The fourth-order valence-corrected chi connectivity index (χ4v) is 2.70. The molecule has 0 unspecified atom stereocenters. The lowest BCUT2D eigenvalue weighted by Gasteiger charge is -2.32. The van der Waals surface area contributed by atoms with E-state index in [2.05, 4.69) is 10.2 Å². The number of hydrogen-bond donors (Lipinski definition) is 1. The molecule has 1 aliphatic heterocycles. The second kappa shape index (κ2) is 8.50. The molecule has 0 saturated carbocycles. The molecule has 7 heteroatoms. The van der Waals surface area contributed by atoms with Crippen LogP contribution in [0.4, 0.5) is 0 Å². The molecule has 0 bridgehead atoms. The summed E-state index contributed by atoms with van der Waals surface area (Å²) in [6, 6.07) is 5.59. The number of hydrogen-bond acceptors (Lipinski definition) is 5. The lowest BCUT2D eigenvalue weighted by molar-refractivity contribution is -0.131. The highest BCUT2D eigenvalue weighted by Crippen LogP contribution is 2.12. The summed E-state index contributed by atoms with van der Waals surface area (Å²) in [6.07, 6.45) is 1.96. The zero-order valence-electron chi connectivity index (χ0n) is 14.2. The van der Waals surface area contributed by atoms with Crippen LogP contribution in [0, 0.1) is 18.3 Å². The second-order valence-corrected chi connectivity index (χ2v) is 6.16. The number of nitrogens with zero attached hydrogens (tertiary/aromatic N) is 3. The predicted octanol–water partition coefficient (Wildman–Crippen LogP) is 1.15. The van der Waals surface area contributed by atoms with Gasteiger partial charge in [0.15, 0.2) is 5.76 Å². The van der Waals surface area contributed by atoms with E-state index in [1.807, 2.05) is 6.07 Å². The molecule has 0 radical (unpaired) electrons. The van der Waals surface area contributed by atoms with Crippen LogP contribution in [0.2, 0.25) is 0 Å². The summed E-state index contributed by atoms with van der Waals surface area (Å²) >= 11 is 0. The van der Waals surface area contributed by atoms with Crippen molar-refractivity contribution < 1.29 is 14.0 Å². The van der Waals surface area contributed by atoms with Crippen LogP contribution >= 0.6 is 0 Å². The van der Waals surface area contributed by atoms with Crippen LogP contribution in [0.1, 0.15) is 35.6 Å². The number of nitriles is 1. The van der Waals surface area contributed by atoms with Gasteiger partial charge in [0.25, 0.3) is 5.91 Å². The number of likely N-dealkylation sites (tertiary alicyclic amines) is 1. The first kappa shape index (κ1) is 18.0. The number of furan rings is 1. The molecular weight excluding hydrogens is 308 g/mol. The van der Waals surface area contributed by atoms with Crippen molar-refractivity contribution in [1.29, 1.82) is 5.26 Å². The van der Waals surface area contributed by atoms with Crippen LogP contribution in [0.25, 0.3) is 0 Å². The molecule has 0 aromatic carbocycles. The Morgan fingerprint density at radius 1 is 1.42 bits per heavy atom. The van der Waals surface area contributed by atoms with Crippen molar-refractivity contribution in [2.75, 3.05) is 33.2 Å². The highest BCUT2D eigenvalue weighted by Gasteiger charge is 2.24. The Balaban J connectivity index is 1.72. The molecule has 1 fully saturated rings. The topological polar surface area (TPSA) is 89.6 Å². The highest BCUT2D eigenvalue weighted by molar-refractivity contribution is 5.91. The van der Waals surface area contributed by atoms with E-state index in [1.54, 1.807) is 31.0 Å². The van der Waals surface area contributed by atoms with E-state index in [4.69, 9.17) is 9.68 Å². The maximum Gasteiger partial charge on any atom is 0.287 e. The Bertz CT molecular complexity index is 612. The third-order valence-electron chi connectivity index (χ3n) is 4.23. The van der Waals surface area contributed by atoms with Crippen molar-refractivity contribution in [3.63, 3.8) is 0 Å². The Morgan fingerprint density at radius 3 is 2.71 bits per heavy atom. The van der Waals surface area contributed by atoms with Gasteiger partial charge in [0, 0.05) is 32.7 Å². The predicted molar refractivity (Wildman–Crippen MR) is 88.2 cm³/mol. The molecule has 2 rings (SSSR count). The van der Waals surface area contributed by atoms with Gasteiger partial charge in [-0.05, 0) is 31.9 Å². The first-order chi connectivity index (χ1) is 11.5. The fourth-order valence-electron chi connectivity index (χ4n) is 2.70. The standard InChI is InChI=1S/C17H24N4O3/c1-13-4-5-15(24-13)17(23)19-14-6-10-21(11-7-14)12-16(22)20(2)9-3-8-18/h4-5,14H,3,6-7,9-12H2,1-2H3,(H,19,23). The Kier molecular flexibility index (Phi) is 6.38. The number of carbonyl (C=O) groups excluding carboxylic acids is 2. The summed E-state index contributed by atoms with van der Waals surface area (Å²) in [5.41, 5.74) is 0. The lowest BCUT2D eigenvalue weighted by Crippen LogP contribution is -2.47.